The predicted octanol–water partition coefficient (Wildman–Crippen LogP) is 3.47. The lowest BCUT2D eigenvalue weighted by atomic mass is 10.1. The van der Waals surface area contributed by atoms with Crippen LogP contribution in [0.3, 0.4) is 0 Å². The number of carboxylic acid groups (broad SMARTS) is 1. The van der Waals surface area contributed by atoms with E-state index in [1.165, 1.54) is 11.3 Å². The molecule has 2 N–H and O–H groups in total. The van der Waals surface area contributed by atoms with E-state index < -0.39 is 5.97 Å². The van der Waals surface area contributed by atoms with Crippen molar-refractivity contribution in [2.75, 3.05) is 11.9 Å². The van der Waals surface area contributed by atoms with Crippen LogP contribution in [-0.2, 0) is 22.6 Å². The molecule has 1 aromatic carbocycles. The van der Waals surface area contributed by atoms with Gasteiger partial charge in [-0.3, -0.25) is 4.79 Å². The lowest BCUT2D eigenvalue weighted by Crippen LogP contribution is -2.19. The number of amides is 1. The van der Waals surface area contributed by atoms with Gasteiger partial charge in [-0.1, -0.05) is 37.3 Å². The number of nitrogens with one attached hydrogen (secondary N) is 1. The van der Waals surface area contributed by atoms with Crippen molar-refractivity contribution in [3.05, 3.63) is 51.9 Å². The second-order valence-corrected chi connectivity index (χ2v) is 6.25. The van der Waals surface area contributed by atoms with Crippen molar-refractivity contribution >= 4 is 28.2 Å². The summed E-state index contributed by atoms with van der Waals surface area (Å²) in [5.41, 5.74) is 1.93. The minimum absolute atomic E-state index is 0.119. The first kappa shape index (κ1) is 17.2. The van der Waals surface area contributed by atoms with E-state index >= 15 is 0 Å². The van der Waals surface area contributed by atoms with Gasteiger partial charge in [0, 0.05) is 4.88 Å². The molecule has 0 aliphatic carbocycles. The number of hydrogen-bond donors (Lipinski definition) is 2. The first-order chi connectivity index (χ1) is 11.0. The summed E-state index contributed by atoms with van der Waals surface area (Å²) < 4.78 is 5.36. The Balaban J connectivity index is 1.96. The molecule has 0 unspecified atom stereocenters. The van der Waals surface area contributed by atoms with Gasteiger partial charge in [-0.2, -0.15) is 0 Å². The summed E-state index contributed by atoms with van der Waals surface area (Å²) >= 11 is 1.28. The molecule has 122 valence electrons. The zero-order chi connectivity index (χ0) is 16.8. The fraction of sp³-hybridized carbons (Fsp3) is 0.294. The van der Waals surface area contributed by atoms with Crippen molar-refractivity contribution in [1.29, 1.82) is 0 Å². The van der Waals surface area contributed by atoms with Crippen LogP contribution in [-0.4, -0.2) is 23.6 Å². The van der Waals surface area contributed by atoms with Crippen molar-refractivity contribution in [3.8, 4) is 0 Å². The fourth-order valence-corrected chi connectivity index (χ4v) is 3.47. The van der Waals surface area contributed by atoms with Gasteiger partial charge in [-0.25, -0.2) is 4.79 Å². The van der Waals surface area contributed by atoms with Gasteiger partial charge >= 0.3 is 5.97 Å². The van der Waals surface area contributed by atoms with Crippen LogP contribution in [0.1, 0.15) is 33.3 Å². The number of carboxylic acids is 1. The number of benzene rings is 1. The summed E-state index contributed by atoms with van der Waals surface area (Å²) in [5.74, 6) is -1.38. The zero-order valence-corrected chi connectivity index (χ0v) is 13.9. The second-order valence-electron chi connectivity index (χ2n) is 5.03. The Bertz CT molecular complexity index is 694. The van der Waals surface area contributed by atoms with Crippen LogP contribution in [0.15, 0.2) is 30.3 Å². The molecule has 0 saturated heterocycles. The highest BCUT2D eigenvalue weighted by atomic mass is 32.1. The van der Waals surface area contributed by atoms with Gasteiger partial charge < -0.3 is 15.2 Å². The van der Waals surface area contributed by atoms with Crippen LogP contribution >= 0.6 is 11.3 Å². The van der Waals surface area contributed by atoms with Crippen LogP contribution in [0.25, 0.3) is 0 Å². The summed E-state index contributed by atoms with van der Waals surface area (Å²) in [6.07, 6.45) is 0.615. The molecule has 23 heavy (non-hydrogen) atoms. The van der Waals surface area contributed by atoms with E-state index in [-0.39, 0.29) is 18.1 Å². The molecule has 1 aromatic heterocycles. The maximum atomic E-state index is 12.0. The third-order valence-electron chi connectivity index (χ3n) is 3.37. The number of aryl methyl sites for hydroxylation is 1. The highest BCUT2D eigenvalue weighted by Crippen LogP contribution is 2.33. The van der Waals surface area contributed by atoms with E-state index in [2.05, 4.69) is 5.32 Å². The minimum Gasteiger partial charge on any atom is -0.478 e. The molecule has 0 atom stereocenters. The number of aromatic carboxylic acids is 1. The third kappa shape index (κ3) is 4.40. The van der Waals surface area contributed by atoms with Gasteiger partial charge in [0.05, 0.1) is 12.2 Å². The van der Waals surface area contributed by atoms with E-state index in [4.69, 9.17) is 4.74 Å². The first-order valence-corrected chi connectivity index (χ1v) is 8.11. The molecule has 0 fully saturated rings. The Labute approximate surface area is 138 Å². The Morgan fingerprint density at radius 2 is 1.96 bits per heavy atom. The normalized spacial score (nSPS) is 10.5. The lowest BCUT2D eigenvalue weighted by molar-refractivity contribution is -0.120. The van der Waals surface area contributed by atoms with Crippen molar-refractivity contribution in [2.24, 2.45) is 0 Å². The van der Waals surface area contributed by atoms with Crippen molar-refractivity contribution in [3.63, 3.8) is 0 Å². The quantitative estimate of drug-likeness (QED) is 0.813. The summed E-state index contributed by atoms with van der Waals surface area (Å²) in [6, 6.07) is 9.54. The van der Waals surface area contributed by atoms with Gasteiger partial charge in [0.25, 0.3) is 5.91 Å². The minimum atomic E-state index is -1.02. The Kier molecular flexibility index (Phi) is 5.90. The van der Waals surface area contributed by atoms with Gasteiger partial charge in [-0.05, 0) is 24.5 Å². The number of rotatable bonds is 7. The fourth-order valence-electron chi connectivity index (χ4n) is 2.32. The lowest BCUT2D eigenvalue weighted by Gasteiger charge is -2.06. The van der Waals surface area contributed by atoms with Crippen LogP contribution in [0, 0.1) is 6.92 Å². The Morgan fingerprint density at radius 3 is 2.57 bits per heavy atom. The van der Waals surface area contributed by atoms with E-state index in [1.54, 1.807) is 0 Å². The average Bonchev–Trinajstić information content (AvgIpc) is 2.83. The van der Waals surface area contributed by atoms with Crippen LogP contribution in [0.5, 0.6) is 0 Å². The molecule has 0 radical (unpaired) electrons. The summed E-state index contributed by atoms with van der Waals surface area (Å²) in [6.45, 7) is 3.98. The highest BCUT2D eigenvalue weighted by Gasteiger charge is 2.21. The number of ether oxygens (including phenoxy) is 1. The van der Waals surface area contributed by atoms with E-state index in [0.717, 1.165) is 16.0 Å². The van der Waals surface area contributed by atoms with Crippen molar-refractivity contribution in [2.45, 2.75) is 26.9 Å². The van der Waals surface area contributed by atoms with E-state index in [1.807, 2.05) is 44.2 Å². The van der Waals surface area contributed by atoms with Gasteiger partial charge in [0.2, 0.25) is 0 Å². The molecule has 2 rings (SSSR count). The molecular weight excluding hydrogens is 314 g/mol. The molecule has 0 bridgehead atoms. The van der Waals surface area contributed by atoms with Gasteiger partial charge in [-0.15, -0.1) is 11.3 Å². The largest absolute Gasteiger partial charge is 0.478 e. The SMILES string of the molecule is CCc1c(C)sc(NC(=O)COCc2ccccc2)c1C(=O)O. The number of carbonyl (C=O) groups excluding carboxylic acids is 1. The molecule has 6 heteroatoms. The number of thiophene rings is 1. The summed E-state index contributed by atoms with van der Waals surface area (Å²) in [7, 11) is 0. The molecule has 0 saturated carbocycles. The smallest absolute Gasteiger partial charge is 0.339 e. The Morgan fingerprint density at radius 1 is 1.26 bits per heavy atom. The maximum absolute atomic E-state index is 12.0. The van der Waals surface area contributed by atoms with Crippen LogP contribution in [0.4, 0.5) is 5.00 Å². The maximum Gasteiger partial charge on any atom is 0.339 e. The molecule has 0 spiro atoms. The summed E-state index contributed by atoms with van der Waals surface area (Å²) in [5, 5.41) is 12.4. The van der Waals surface area contributed by atoms with Crippen molar-refractivity contribution < 1.29 is 19.4 Å². The van der Waals surface area contributed by atoms with Crippen LogP contribution in [0.2, 0.25) is 0 Å². The molecule has 0 aliphatic heterocycles. The molecular formula is C17H19NO4S. The monoisotopic (exact) mass is 333 g/mol. The van der Waals surface area contributed by atoms with Crippen molar-refractivity contribution in [1.82, 2.24) is 0 Å². The number of hydrogen-bond acceptors (Lipinski definition) is 4. The topological polar surface area (TPSA) is 75.6 Å². The standard InChI is InChI=1S/C17H19NO4S/c1-3-13-11(2)23-16(15(13)17(20)21)18-14(19)10-22-9-12-7-5-4-6-8-12/h4-8H,3,9-10H2,1-2H3,(H,18,19)(H,20,21). The molecule has 1 amide bonds. The third-order valence-corrected chi connectivity index (χ3v) is 4.44. The number of carbonyl (C=O) groups is 2. The second kappa shape index (κ2) is 7.89. The number of anilines is 1. The molecule has 5 nitrogen and oxygen atoms in total. The molecule has 0 aliphatic rings. The van der Waals surface area contributed by atoms with Crippen LogP contribution < -0.4 is 5.32 Å². The highest BCUT2D eigenvalue weighted by molar-refractivity contribution is 7.16. The van der Waals surface area contributed by atoms with E-state index in [9.17, 15) is 14.7 Å². The predicted molar refractivity (Wildman–Crippen MR) is 90.1 cm³/mol. The molecule has 2 aromatic rings. The van der Waals surface area contributed by atoms with E-state index in [0.29, 0.717) is 18.0 Å². The van der Waals surface area contributed by atoms with Gasteiger partial charge in [0.15, 0.2) is 0 Å². The molecule has 1 heterocycles. The average molecular weight is 333 g/mol. The Hall–Kier alpha value is -2.18. The van der Waals surface area contributed by atoms with Gasteiger partial charge in [0.1, 0.15) is 11.6 Å². The first-order valence-electron chi connectivity index (χ1n) is 7.30. The summed E-state index contributed by atoms with van der Waals surface area (Å²) in [4.78, 5) is 24.3. The zero-order valence-electron chi connectivity index (χ0n) is 13.1.